The molecule has 1 N–H and O–H groups in total. The number of pyridine rings is 2. The summed E-state index contributed by atoms with van der Waals surface area (Å²) in [5, 5.41) is 8.81. The number of amides is 1. The number of hydrogen-bond donors (Lipinski definition) is 1. The predicted octanol–water partition coefficient (Wildman–Crippen LogP) is 5.48. The number of carbonyl (C=O) groups is 1. The molecule has 0 saturated carbocycles. The quantitative estimate of drug-likeness (QED) is 0.329. The van der Waals surface area contributed by atoms with Gasteiger partial charge in [-0.2, -0.15) is 5.10 Å². The molecule has 0 atom stereocenters. The summed E-state index contributed by atoms with van der Waals surface area (Å²) in [6, 6.07) is 7.11. The van der Waals surface area contributed by atoms with Gasteiger partial charge >= 0.3 is 0 Å². The zero-order valence-corrected chi connectivity index (χ0v) is 21.3. The van der Waals surface area contributed by atoms with E-state index in [4.69, 9.17) is 16.0 Å². The number of fused-ring (bicyclic) bond motifs is 2. The second-order valence-corrected chi connectivity index (χ2v) is 9.49. The average Bonchev–Trinajstić information content (AvgIpc) is 3.55. The van der Waals surface area contributed by atoms with E-state index in [-0.39, 0.29) is 17.5 Å². The number of rotatable bonds is 4. The third kappa shape index (κ3) is 4.08. The van der Waals surface area contributed by atoms with Crippen molar-refractivity contribution in [2.24, 2.45) is 0 Å². The van der Waals surface area contributed by atoms with E-state index in [0.29, 0.717) is 51.7 Å². The maximum atomic E-state index is 15.4. The van der Waals surface area contributed by atoms with Crippen LogP contribution in [0.1, 0.15) is 11.3 Å². The first-order valence-electron chi connectivity index (χ1n) is 11.7. The highest BCUT2D eigenvalue weighted by atomic mass is 35.5. The van der Waals surface area contributed by atoms with Gasteiger partial charge < -0.3 is 14.6 Å². The van der Waals surface area contributed by atoms with Crippen molar-refractivity contribution >= 4 is 45.5 Å². The van der Waals surface area contributed by atoms with Crippen LogP contribution in [0.3, 0.4) is 0 Å². The zero-order chi connectivity index (χ0) is 26.6. The Kier molecular flexibility index (Phi) is 5.68. The molecule has 0 spiro atoms. The summed E-state index contributed by atoms with van der Waals surface area (Å²) in [7, 11) is 1.74. The van der Waals surface area contributed by atoms with Crippen LogP contribution in [0.15, 0.2) is 60.1 Å². The molecular weight excluding hydrogens is 509 g/mol. The maximum absolute atomic E-state index is 15.4. The molecule has 0 radical (unpaired) electrons. The molecule has 5 aromatic rings. The minimum Gasteiger partial charge on any atom is -0.443 e. The van der Waals surface area contributed by atoms with Crippen molar-refractivity contribution in [3.8, 4) is 22.7 Å². The largest absolute Gasteiger partial charge is 0.443 e. The number of likely N-dealkylation sites (N-methyl/N-ethyl adjacent to an activating group) is 1. The number of benzene rings is 1. The fraction of sp³-hybridized carbons (Fsp3) is 0.148. The number of aryl methyl sites for hydroxylation is 1. The molecule has 9 nitrogen and oxygen atoms in total. The molecule has 1 amide bonds. The van der Waals surface area contributed by atoms with Crippen LogP contribution in [-0.2, 0) is 11.3 Å². The van der Waals surface area contributed by atoms with Crippen LogP contribution in [0, 0.1) is 12.7 Å². The van der Waals surface area contributed by atoms with Crippen molar-refractivity contribution in [2.45, 2.75) is 13.5 Å². The summed E-state index contributed by atoms with van der Waals surface area (Å²) < 4.78 is 22.3. The molecule has 0 unspecified atom stereocenters. The molecule has 0 aliphatic carbocycles. The van der Waals surface area contributed by atoms with Gasteiger partial charge in [-0.15, -0.1) is 0 Å². The number of aromatic nitrogens is 5. The SMILES string of the molecule is C=C1CN(C)C(=O)Cn2nc(Nc3cc4cc(-c5cnc(-c6ncco6)cc5C)c(F)c(Cl)c4cn3)cc21. The second kappa shape index (κ2) is 9.07. The summed E-state index contributed by atoms with van der Waals surface area (Å²) >= 11 is 6.44. The van der Waals surface area contributed by atoms with Gasteiger partial charge in [-0.25, -0.2) is 14.4 Å². The maximum Gasteiger partial charge on any atom is 0.244 e. The Bertz CT molecular complexity index is 1750. The minimum absolute atomic E-state index is 0.0274. The van der Waals surface area contributed by atoms with E-state index >= 15 is 4.39 Å². The monoisotopic (exact) mass is 529 g/mol. The van der Waals surface area contributed by atoms with Crippen LogP contribution in [-0.4, -0.2) is 49.1 Å². The molecule has 0 bridgehead atoms. The highest BCUT2D eigenvalue weighted by Crippen LogP contribution is 2.37. The van der Waals surface area contributed by atoms with Crippen molar-refractivity contribution in [3.05, 3.63) is 77.8 Å². The Labute approximate surface area is 221 Å². The Morgan fingerprint density at radius 2 is 1.92 bits per heavy atom. The van der Waals surface area contributed by atoms with Gasteiger partial charge in [-0.05, 0) is 41.6 Å². The Morgan fingerprint density at radius 1 is 1.08 bits per heavy atom. The zero-order valence-electron chi connectivity index (χ0n) is 20.5. The Hall–Kier alpha value is -4.57. The fourth-order valence-corrected chi connectivity index (χ4v) is 4.78. The molecular formula is C27H21ClFN7O2. The number of oxazole rings is 1. The lowest BCUT2D eigenvalue weighted by atomic mass is 9.98. The molecule has 6 rings (SSSR count). The standard InChI is InChI=1S/C27H21ClFN7O2/c1-14-6-20(27-30-4-5-38-27)31-10-18(14)17-7-16-8-22(32-11-19(16)25(28)26(17)29)33-23-9-21-15(2)12-35(3)24(37)13-36(21)34-23/h4-11H,2,12-13H2,1,3H3,(H,32,33,34). The molecule has 5 heterocycles. The van der Waals surface area contributed by atoms with Crippen molar-refractivity contribution in [2.75, 3.05) is 18.9 Å². The average molecular weight is 530 g/mol. The topological polar surface area (TPSA) is 102 Å². The van der Waals surface area contributed by atoms with Gasteiger partial charge in [0.15, 0.2) is 5.82 Å². The summed E-state index contributed by atoms with van der Waals surface area (Å²) in [6.45, 7) is 6.50. The fourth-order valence-electron chi connectivity index (χ4n) is 4.52. The lowest BCUT2D eigenvalue weighted by molar-refractivity contribution is -0.129. The molecule has 190 valence electrons. The Balaban J connectivity index is 1.36. The first kappa shape index (κ1) is 23.8. The number of nitrogens with one attached hydrogen (secondary N) is 1. The molecule has 1 aliphatic rings. The van der Waals surface area contributed by atoms with Crippen LogP contribution in [0.25, 0.3) is 39.1 Å². The van der Waals surface area contributed by atoms with E-state index < -0.39 is 5.82 Å². The molecule has 1 aliphatic heterocycles. The van der Waals surface area contributed by atoms with Gasteiger partial charge in [-0.1, -0.05) is 18.2 Å². The van der Waals surface area contributed by atoms with Gasteiger partial charge in [0, 0.05) is 48.6 Å². The predicted molar refractivity (Wildman–Crippen MR) is 142 cm³/mol. The van der Waals surface area contributed by atoms with Gasteiger partial charge in [0.2, 0.25) is 11.8 Å². The van der Waals surface area contributed by atoms with Crippen molar-refractivity contribution in [1.82, 2.24) is 29.6 Å². The Morgan fingerprint density at radius 3 is 2.68 bits per heavy atom. The minimum atomic E-state index is -0.554. The summed E-state index contributed by atoms with van der Waals surface area (Å²) in [6.07, 6.45) is 6.11. The number of hydrogen-bond acceptors (Lipinski definition) is 7. The number of halogens is 2. The van der Waals surface area contributed by atoms with Crippen molar-refractivity contribution < 1.29 is 13.6 Å². The van der Waals surface area contributed by atoms with Crippen LogP contribution < -0.4 is 5.32 Å². The van der Waals surface area contributed by atoms with Crippen LogP contribution in [0.4, 0.5) is 16.0 Å². The van der Waals surface area contributed by atoms with E-state index in [1.54, 1.807) is 41.0 Å². The van der Waals surface area contributed by atoms with E-state index in [1.165, 1.54) is 18.7 Å². The number of carbonyl (C=O) groups excluding carboxylic acids is 1. The molecule has 11 heteroatoms. The van der Waals surface area contributed by atoms with Crippen LogP contribution >= 0.6 is 11.6 Å². The van der Waals surface area contributed by atoms with Crippen LogP contribution in [0.2, 0.25) is 5.02 Å². The van der Waals surface area contributed by atoms with E-state index in [2.05, 4.69) is 31.9 Å². The van der Waals surface area contributed by atoms with Crippen LogP contribution in [0.5, 0.6) is 0 Å². The van der Waals surface area contributed by atoms with Gasteiger partial charge in [-0.3, -0.25) is 14.5 Å². The normalized spacial score (nSPS) is 13.6. The second-order valence-electron chi connectivity index (χ2n) is 9.12. The smallest absolute Gasteiger partial charge is 0.244 e. The summed E-state index contributed by atoms with van der Waals surface area (Å²) in [5.41, 5.74) is 3.81. The molecule has 0 saturated heterocycles. The molecule has 0 fully saturated rings. The highest BCUT2D eigenvalue weighted by Gasteiger charge is 2.22. The molecule has 38 heavy (non-hydrogen) atoms. The summed E-state index contributed by atoms with van der Waals surface area (Å²) in [4.78, 5) is 26.8. The van der Waals surface area contributed by atoms with Crippen molar-refractivity contribution in [3.63, 3.8) is 0 Å². The van der Waals surface area contributed by atoms with Gasteiger partial charge in [0.05, 0.1) is 16.9 Å². The lowest BCUT2D eigenvalue weighted by Gasteiger charge is -2.13. The molecule has 1 aromatic carbocycles. The molecule has 4 aromatic heterocycles. The van der Waals surface area contributed by atoms with Gasteiger partial charge in [0.1, 0.15) is 30.1 Å². The van der Waals surface area contributed by atoms with Crippen molar-refractivity contribution in [1.29, 1.82) is 0 Å². The lowest BCUT2D eigenvalue weighted by Crippen LogP contribution is -2.28. The first-order valence-corrected chi connectivity index (χ1v) is 12.1. The number of anilines is 2. The van der Waals surface area contributed by atoms with E-state index in [9.17, 15) is 4.79 Å². The van der Waals surface area contributed by atoms with Gasteiger partial charge in [0.25, 0.3) is 0 Å². The third-order valence-corrected chi connectivity index (χ3v) is 6.86. The highest BCUT2D eigenvalue weighted by molar-refractivity contribution is 6.36. The number of nitrogens with zero attached hydrogens (tertiary/aromatic N) is 6. The third-order valence-electron chi connectivity index (χ3n) is 6.49. The first-order chi connectivity index (χ1) is 18.3. The van der Waals surface area contributed by atoms with E-state index in [0.717, 1.165) is 16.8 Å². The summed E-state index contributed by atoms with van der Waals surface area (Å²) in [5.74, 6) is 0.783. The van der Waals surface area contributed by atoms with E-state index in [1.807, 2.05) is 13.0 Å².